The van der Waals surface area contributed by atoms with Gasteiger partial charge in [-0.3, -0.25) is 0 Å². The number of aromatic amines is 1. The third kappa shape index (κ3) is 3.91. The molecule has 2 aliphatic rings. The van der Waals surface area contributed by atoms with Gasteiger partial charge in [0.25, 0.3) is 0 Å². The molecule has 1 saturated heterocycles. The number of rotatable bonds is 2. The first-order valence-corrected chi connectivity index (χ1v) is 11.0. The molecule has 1 fully saturated rings. The van der Waals surface area contributed by atoms with Crippen molar-refractivity contribution in [1.82, 2.24) is 19.9 Å². The van der Waals surface area contributed by atoms with Crippen LogP contribution in [0, 0.1) is 5.92 Å². The molecule has 3 aromatic rings. The van der Waals surface area contributed by atoms with Gasteiger partial charge in [0.1, 0.15) is 22.9 Å². The summed E-state index contributed by atoms with van der Waals surface area (Å²) >= 11 is 5.56. The van der Waals surface area contributed by atoms with Crippen LogP contribution in [0.5, 0.6) is 0 Å². The van der Waals surface area contributed by atoms with E-state index in [-0.39, 0.29) is 0 Å². The van der Waals surface area contributed by atoms with Crippen molar-refractivity contribution in [3.63, 3.8) is 0 Å². The molecule has 2 aliphatic heterocycles. The molecule has 1 N–H and O–H groups in total. The minimum Gasteiger partial charge on any atom is -0.363 e. The second-order valence-electron chi connectivity index (χ2n) is 7.92. The highest BCUT2D eigenvalue weighted by Crippen LogP contribution is 2.37. The summed E-state index contributed by atoms with van der Waals surface area (Å²) in [6, 6.07) is 4.37. The molecule has 5 rings (SSSR count). The first kappa shape index (κ1) is 20.7. The molecular formula is C20H23ClN6O2S. The molecule has 0 radical (unpaired) electrons. The van der Waals surface area contributed by atoms with Crippen LogP contribution in [0.1, 0.15) is 31.5 Å². The van der Waals surface area contributed by atoms with E-state index in [1.165, 1.54) is 17.7 Å². The lowest BCUT2D eigenvalue weighted by Crippen LogP contribution is -2.40. The van der Waals surface area contributed by atoms with Crippen molar-refractivity contribution < 1.29 is 8.42 Å². The molecule has 8 nitrogen and oxygen atoms in total. The van der Waals surface area contributed by atoms with Gasteiger partial charge in [0, 0.05) is 49.2 Å². The zero-order valence-corrected chi connectivity index (χ0v) is 18.4. The van der Waals surface area contributed by atoms with E-state index in [2.05, 4.69) is 49.6 Å². The summed E-state index contributed by atoms with van der Waals surface area (Å²) < 4.78 is 16.6. The predicted octanol–water partition coefficient (Wildman–Crippen LogP) is 3.13. The summed E-state index contributed by atoms with van der Waals surface area (Å²) in [5, 5.41) is 1.61. The van der Waals surface area contributed by atoms with Gasteiger partial charge in [-0.25, -0.2) is 15.0 Å². The van der Waals surface area contributed by atoms with Gasteiger partial charge >= 0.3 is 11.6 Å². The monoisotopic (exact) mass is 446 g/mol. The number of hydrogen-bond donors (Lipinski definition) is 1. The van der Waals surface area contributed by atoms with Crippen LogP contribution in [-0.4, -0.2) is 47.5 Å². The van der Waals surface area contributed by atoms with Crippen LogP contribution in [0.4, 0.5) is 11.5 Å². The van der Waals surface area contributed by atoms with Gasteiger partial charge in [0.2, 0.25) is 0 Å². The molecule has 2 atom stereocenters. The van der Waals surface area contributed by atoms with Crippen LogP contribution in [0.25, 0.3) is 11.0 Å². The molecule has 3 aromatic heterocycles. The molecular weight excluding hydrogens is 424 g/mol. The summed E-state index contributed by atoms with van der Waals surface area (Å²) in [6.07, 6.45) is 5.77. The highest BCUT2D eigenvalue weighted by molar-refractivity contribution is 7.51. The third-order valence-electron chi connectivity index (χ3n) is 5.87. The normalized spacial score (nSPS) is 20.6. The topological polar surface area (TPSA) is 95.1 Å². The Morgan fingerprint density at radius 2 is 2.07 bits per heavy atom. The molecule has 158 valence electrons. The van der Waals surface area contributed by atoms with Crippen LogP contribution in [0.2, 0.25) is 5.15 Å². The van der Waals surface area contributed by atoms with E-state index < -0.39 is 11.6 Å². The number of H-pyrrole nitrogens is 1. The lowest BCUT2D eigenvalue weighted by Gasteiger charge is -2.38. The number of halogens is 1. The fourth-order valence-electron chi connectivity index (χ4n) is 4.44. The predicted molar refractivity (Wildman–Crippen MR) is 117 cm³/mol. The molecule has 0 aliphatic carbocycles. The number of fused-ring (bicyclic) bond motifs is 2. The summed E-state index contributed by atoms with van der Waals surface area (Å²) in [7, 11) is 0. The highest BCUT2D eigenvalue weighted by Gasteiger charge is 2.31. The van der Waals surface area contributed by atoms with Gasteiger partial charge in [-0.05, 0) is 31.4 Å². The molecule has 30 heavy (non-hydrogen) atoms. The van der Waals surface area contributed by atoms with Crippen LogP contribution < -0.4 is 9.80 Å². The Kier molecular flexibility index (Phi) is 6.01. The quantitative estimate of drug-likeness (QED) is 0.604. The molecule has 0 spiro atoms. The second-order valence-corrected chi connectivity index (χ2v) is 8.44. The van der Waals surface area contributed by atoms with Gasteiger partial charge in [0.05, 0.1) is 11.4 Å². The van der Waals surface area contributed by atoms with Crippen molar-refractivity contribution in [3.05, 3.63) is 41.1 Å². The maximum absolute atomic E-state index is 8.29. The summed E-state index contributed by atoms with van der Waals surface area (Å²) in [6.45, 7) is 7.49. The largest absolute Gasteiger partial charge is 0.363 e. The molecule has 10 heteroatoms. The maximum atomic E-state index is 8.29. The van der Waals surface area contributed by atoms with Crippen molar-refractivity contribution in [2.24, 2.45) is 5.92 Å². The van der Waals surface area contributed by atoms with Gasteiger partial charge in [-0.15, -0.1) is 0 Å². The lowest BCUT2D eigenvalue weighted by molar-refractivity contribution is 0.578. The van der Waals surface area contributed by atoms with Gasteiger partial charge < -0.3 is 14.8 Å². The fourth-order valence-corrected chi connectivity index (χ4v) is 4.63. The number of aromatic nitrogens is 4. The number of hydrogen-bond acceptors (Lipinski definition) is 7. The van der Waals surface area contributed by atoms with E-state index in [1.807, 2.05) is 12.3 Å². The first-order chi connectivity index (χ1) is 14.5. The SMILES string of the molecule is CC1CCN(c2ncnc3c2CN(c2cc(Cl)nc4[nH]ccc24)[C@H](C)C3)C1.O=S=O. The second kappa shape index (κ2) is 8.69. The molecule has 0 amide bonds. The smallest absolute Gasteiger partial charge is 0.335 e. The minimum absolute atomic E-state index is 0.328. The van der Waals surface area contributed by atoms with E-state index >= 15 is 0 Å². The third-order valence-corrected chi connectivity index (χ3v) is 6.06. The van der Waals surface area contributed by atoms with Crippen molar-refractivity contribution in [3.8, 4) is 0 Å². The number of pyridine rings is 1. The molecule has 0 aromatic carbocycles. The Hall–Kier alpha value is -2.52. The number of anilines is 2. The minimum atomic E-state index is -0.750. The van der Waals surface area contributed by atoms with Crippen LogP contribution >= 0.6 is 11.6 Å². The Morgan fingerprint density at radius 1 is 1.27 bits per heavy atom. The fraction of sp³-hybridized carbons (Fsp3) is 0.450. The van der Waals surface area contributed by atoms with Crippen LogP contribution in [0.3, 0.4) is 0 Å². The average Bonchev–Trinajstić information content (AvgIpc) is 3.35. The lowest BCUT2D eigenvalue weighted by atomic mass is 9.98. The Balaban J connectivity index is 0.000000687. The van der Waals surface area contributed by atoms with Gasteiger partial charge in [-0.1, -0.05) is 18.5 Å². The summed E-state index contributed by atoms with van der Waals surface area (Å²) in [4.78, 5) is 21.7. The van der Waals surface area contributed by atoms with E-state index in [4.69, 9.17) is 20.0 Å². The van der Waals surface area contributed by atoms with E-state index in [1.54, 1.807) is 6.33 Å². The highest BCUT2D eigenvalue weighted by atomic mass is 35.5. The van der Waals surface area contributed by atoms with Crippen LogP contribution in [-0.2, 0) is 24.5 Å². The van der Waals surface area contributed by atoms with E-state index in [0.29, 0.717) is 17.1 Å². The molecule has 5 heterocycles. The van der Waals surface area contributed by atoms with Crippen molar-refractivity contribution in [2.45, 2.75) is 39.3 Å². The average molecular weight is 447 g/mol. The molecule has 0 bridgehead atoms. The van der Waals surface area contributed by atoms with E-state index in [9.17, 15) is 0 Å². The molecule has 0 saturated carbocycles. The standard InChI is InChI=1S/C20H23ClN6.O2S/c1-12-4-6-26(9-12)20-15-10-27(13(2)7-16(15)23-11-24-20)17-8-18(21)25-19-14(17)3-5-22-19;1-3-2/h3,5,8,11-13H,4,6-7,9-10H2,1-2H3,(H,22,25);/t12?,13-;/m1./s1. The zero-order valence-electron chi connectivity index (χ0n) is 16.8. The Morgan fingerprint density at radius 3 is 2.80 bits per heavy atom. The van der Waals surface area contributed by atoms with Crippen molar-refractivity contribution in [2.75, 3.05) is 22.9 Å². The first-order valence-electron chi connectivity index (χ1n) is 9.91. The Bertz CT molecular complexity index is 1100. The maximum Gasteiger partial charge on any atom is 0.335 e. The number of nitrogens with zero attached hydrogens (tertiary/aromatic N) is 5. The summed E-state index contributed by atoms with van der Waals surface area (Å²) in [5.74, 6) is 1.82. The van der Waals surface area contributed by atoms with Gasteiger partial charge in [-0.2, -0.15) is 8.42 Å². The van der Waals surface area contributed by atoms with Crippen molar-refractivity contribution >= 4 is 45.7 Å². The van der Waals surface area contributed by atoms with Crippen LogP contribution in [0.15, 0.2) is 24.7 Å². The Labute approximate surface area is 183 Å². The number of nitrogens with one attached hydrogen (secondary N) is 1. The van der Waals surface area contributed by atoms with Crippen molar-refractivity contribution in [1.29, 1.82) is 0 Å². The van der Waals surface area contributed by atoms with E-state index in [0.717, 1.165) is 48.6 Å². The van der Waals surface area contributed by atoms with Gasteiger partial charge in [0.15, 0.2) is 0 Å². The summed E-state index contributed by atoms with van der Waals surface area (Å²) in [5.41, 5.74) is 4.37. The zero-order chi connectivity index (χ0) is 21.3. The molecule has 1 unspecified atom stereocenters.